The Kier molecular flexibility index (Phi) is 2.76. The first-order valence-corrected chi connectivity index (χ1v) is 6.18. The van der Waals surface area contributed by atoms with Crippen LogP contribution in [0.5, 0.6) is 0 Å². The molecule has 1 heterocycles. The van der Waals surface area contributed by atoms with Crippen LogP contribution >= 0.6 is 12.6 Å². The first-order chi connectivity index (χ1) is 8.75. The van der Waals surface area contributed by atoms with E-state index in [4.69, 9.17) is 0 Å². The Morgan fingerprint density at radius 1 is 1.00 bits per heavy atom. The zero-order valence-corrected chi connectivity index (χ0v) is 10.5. The summed E-state index contributed by atoms with van der Waals surface area (Å²) in [6.45, 7) is 0. The Bertz CT molecular complexity index is 647. The van der Waals surface area contributed by atoms with E-state index in [1.165, 1.54) is 0 Å². The molecule has 0 aliphatic carbocycles. The van der Waals surface area contributed by atoms with Crippen molar-refractivity contribution in [1.82, 2.24) is 0 Å². The highest BCUT2D eigenvalue weighted by atomic mass is 32.1. The molecule has 0 amide bonds. The minimum atomic E-state index is 0.0875. The molecule has 0 saturated carbocycles. The van der Waals surface area contributed by atoms with E-state index in [1.54, 1.807) is 0 Å². The third-order valence-electron chi connectivity index (χ3n) is 2.99. The third-order valence-corrected chi connectivity index (χ3v) is 3.36. The maximum atomic E-state index is 12.2. The number of hydrogen-bond donors (Lipinski definition) is 1. The van der Waals surface area contributed by atoms with Crippen molar-refractivity contribution in [2.24, 2.45) is 4.99 Å². The van der Waals surface area contributed by atoms with Gasteiger partial charge in [-0.3, -0.25) is 9.79 Å². The maximum absolute atomic E-state index is 12.2. The fraction of sp³-hybridized carbons (Fsp3) is 0.0667. The molecule has 0 spiro atoms. The van der Waals surface area contributed by atoms with E-state index >= 15 is 0 Å². The SMILES string of the molecule is O=C1CC(c2ccccc2)=Nc2cccc(S)c21. The Morgan fingerprint density at radius 2 is 1.78 bits per heavy atom. The number of benzene rings is 2. The number of rotatable bonds is 1. The predicted molar refractivity (Wildman–Crippen MR) is 75.3 cm³/mol. The van der Waals surface area contributed by atoms with Crippen LogP contribution in [0.25, 0.3) is 0 Å². The molecule has 0 radical (unpaired) electrons. The van der Waals surface area contributed by atoms with Gasteiger partial charge >= 0.3 is 0 Å². The Morgan fingerprint density at radius 3 is 2.56 bits per heavy atom. The van der Waals surface area contributed by atoms with Crippen molar-refractivity contribution in [3.05, 3.63) is 59.7 Å². The molecule has 88 valence electrons. The lowest BCUT2D eigenvalue weighted by molar-refractivity contribution is 0.0997. The van der Waals surface area contributed by atoms with E-state index in [0.717, 1.165) is 17.0 Å². The van der Waals surface area contributed by atoms with Gasteiger partial charge in [-0.2, -0.15) is 0 Å². The molecule has 0 unspecified atom stereocenters. The van der Waals surface area contributed by atoms with Crippen molar-refractivity contribution in [3.8, 4) is 0 Å². The van der Waals surface area contributed by atoms with Crippen LogP contribution < -0.4 is 0 Å². The molecule has 0 N–H and O–H groups in total. The highest BCUT2D eigenvalue weighted by molar-refractivity contribution is 7.80. The zero-order chi connectivity index (χ0) is 12.5. The molecule has 2 nitrogen and oxygen atoms in total. The summed E-state index contributed by atoms with van der Waals surface area (Å²) < 4.78 is 0. The van der Waals surface area contributed by atoms with Crippen molar-refractivity contribution >= 4 is 29.8 Å². The maximum Gasteiger partial charge on any atom is 0.172 e. The van der Waals surface area contributed by atoms with E-state index in [1.807, 2.05) is 48.5 Å². The molecule has 3 rings (SSSR count). The molecular weight excluding hydrogens is 242 g/mol. The van der Waals surface area contributed by atoms with Gasteiger partial charge in [0.1, 0.15) is 0 Å². The number of nitrogens with zero attached hydrogens (tertiary/aromatic N) is 1. The molecule has 1 aliphatic rings. The largest absolute Gasteiger partial charge is 0.294 e. The number of carbonyl (C=O) groups is 1. The molecular formula is C15H11NOS. The fourth-order valence-corrected chi connectivity index (χ4v) is 2.46. The number of aliphatic imine (C=N–C) groups is 1. The van der Waals surface area contributed by atoms with Crippen molar-refractivity contribution < 1.29 is 4.79 Å². The van der Waals surface area contributed by atoms with Crippen LogP contribution in [-0.2, 0) is 0 Å². The second-order valence-electron chi connectivity index (χ2n) is 4.20. The number of hydrogen-bond acceptors (Lipinski definition) is 3. The van der Waals surface area contributed by atoms with Crippen molar-refractivity contribution in [2.45, 2.75) is 11.3 Å². The van der Waals surface area contributed by atoms with Crippen LogP contribution in [0.2, 0.25) is 0 Å². The van der Waals surface area contributed by atoms with Gasteiger partial charge in [-0.05, 0) is 17.7 Å². The monoisotopic (exact) mass is 253 g/mol. The van der Waals surface area contributed by atoms with Crippen LogP contribution in [-0.4, -0.2) is 11.5 Å². The summed E-state index contributed by atoms with van der Waals surface area (Å²) in [5.41, 5.74) is 3.19. The van der Waals surface area contributed by atoms with Crippen LogP contribution in [0, 0.1) is 0 Å². The molecule has 0 atom stereocenters. The molecule has 0 saturated heterocycles. The van der Waals surface area contributed by atoms with Crippen LogP contribution in [0.15, 0.2) is 58.4 Å². The van der Waals surface area contributed by atoms with Gasteiger partial charge in [0.15, 0.2) is 5.78 Å². The number of carbonyl (C=O) groups excluding carboxylic acids is 1. The Balaban J connectivity index is 2.14. The number of Topliss-reactive ketones (excluding diaryl/α,β-unsaturated/α-hetero) is 1. The predicted octanol–water partition coefficient (Wildman–Crippen LogP) is 3.68. The standard InChI is InChI=1S/C15H11NOS/c17-13-9-12(10-5-2-1-3-6-10)16-11-7-4-8-14(18)15(11)13/h1-8,18H,9H2. The second kappa shape index (κ2) is 4.42. The van der Waals surface area contributed by atoms with Gasteiger partial charge in [0.2, 0.25) is 0 Å². The highest BCUT2D eigenvalue weighted by Crippen LogP contribution is 2.31. The quantitative estimate of drug-likeness (QED) is 0.772. The van der Waals surface area contributed by atoms with E-state index < -0.39 is 0 Å². The smallest absolute Gasteiger partial charge is 0.172 e. The summed E-state index contributed by atoms with van der Waals surface area (Å²) in [4.78, 5) is 17.4. The lowest BCUT2D eigenvalue weighted by atomic mass is 9.96. The highest BCUT2D eigenvalue weighted by Gasteiger charge is 2.22. The molecule has 0 fully saturated rings. The van der Waals surface area contributed by atoms with E-state index in [0.29, 0.717) is 16.9 Å². The number of ketones is 1. The Labute approximate surface area is 111 Å². The van der Waals surface area contributed by atoms with Crippen LogP contribution in [0.3, 0.4) is 0 Å². The second-order valence-corrected chi connectivity index (χ2v) is 4.68. The lowest BCUT2D eigenvalue weighted by Gasteiger charge is -2.16. The Hall–Kier alpha value is -1.87. The molecule has 0 bridgehead atoms. The minimum Gasteiger partial charge on any atom is -0.294 e. The number of thiol groups is 1. The van der Waals surface area contributed by atoms with Crippen LogP contribution in [0.1, 0.15) is 22.3 Å². The molecule has 1 aliphatic heterocycles. The average molecular weight is 253 g/mol. The minimum absolute atomic E-state index is 0.0875. The van der Waals surface area contributed by atoms with Gasteiger partial charge in [0.25, 0.3) is 0 Å². The van der Waals surface area contributed by atoms with Gasteiger partial charge in [-0.1, -0.05) is 36.4 Å². The summed E-state index contributed by atoms with van der Waals surface area (Å²) in [6, 6.07) is 15.3. The van der Waals surface area contributed by atoms with Gasteiger partial charge in [0.05, 0.1) is 23.4 Å². The normalized spacial score (nSPS) is 14.1. The van der Waals surface area contributed by atoms with Gasteiger partial charge < -0.3 is 0 Å². The molecule has 2 aromatic carbocycles. The van der Waals surface area contributed by atoms with Crippen molar-refractivity contribution in [1.29, 1.82) is 0 Å². The molecule has 3 heteroatoms. The van der Waals surface area contributed by atoms with Crippen molar-refractivity contribution in [2.75, 3.05) is 0 Å². The summed E-state index contributed by atoms with van der Waals surface area (Å²) in [5.74, 6) is 0.0875. The topological polar surface area (TPSA) is 29.4 Å². The van der Waals surface area contributed by atoms with Gasteiger partial charge in [-0.15, -0.1) is 12.6 Å². The van der Waals surface area contributed by atoms with Gasteiger partial charge in [0, 0.05) is 4.90 Å². The summed E-state index contributed by atoms with van der Waals surface area (Å²) >= 11 is 4.32. The van der Waals surface area contributed by atoms with Crippen molar-refractivity contribution in [3.63, 3.8) is 0 Å². The summed E-state index contributed by atoms with van der Waals surface area (Å²) in [5, 5.41) is 0. The average Bonchev–Trinajstić information content (AvgIpc) is 2.39. The van der Waals surface area contributed by atoms with Gasteiger partial charge in [-0.25, -0.2) is 0 Å². The first kappa shape index (κ1) is 11.2. The fourth-order valence-electron chi connectivity index (χ4n) is 2.13. The first-order valence-electron chi connectivity index (χ1n) is 5.74. The molecule has 0 aromatic heterocycles. The third kappa shape index (κ3) is 1.87. The molecule has 2 aromatic rings. The van der Waals surface area contributed by atoms with Crippen LogP contribution in [0.4, 0.5) is 5.69 Å². The van der Waals surface area contributed by atoms with E-state index in [-0.39, 0.29) is 5.78 Å². The molecule has 18 heavy (non-hydrogen) atoms. The lowest BCUT2D eigenvalue weighted by Crippen LogP contribution is -2.14. The number of fused-ring (bicyclic) bond motifs is 1. The zero-order valence-electron chi connectivity index (χ0n) is 9.63. The summed E-state index contributed by atoms with van der Waals surface area (Å²) in [7, 11) is 0. The summed E-state index contributed by atoms with van der Waals surface area (Å²) in [6.07, 6.45) is 0.342. The van der Waals surface area contributed by atoms with E-state index in [2.05, 4.69) is 17.6 Å². The van der Waals surface area contributed by atoms with E-state index in [9.17, 15) is 4.79 Å².